The Kier molecular flexibility index (Phi) is 6.97. The predicted octanol–water partition coefficient (Wildman–Crippen LogP) is 2.30. The van der Waals surface area contributed by atoms with Crippen LogP contribution in [0.5, 0.6) is 0 Å². The smallest absolute Gasteiger partial charge is 0.289 e. The van der Waals surface area contributed by atoms with E-state index in [4.69, 9.17) is 11.5 Å². The fraction of sp³-hybridized carbons (Fsp3) is 0.375. The highest BCUT2D eigenvalue weighted by atomic mass is 16.2. The lowest BCUT2D eigenvalue weighted by atomic mass is 9.90. The van der Waals surface area contributed by atoms with Gasteiger partial charge < -0.3 is 22.1 Å². The Labute approximate surface area is 193 Å². The second kappa shape index (κ2) is 10.2. The van der Waals surface area contributed by atoms with E-state index in [-0.39, 0.29) is 29.8 Å². The first-order valence-corrected chi connectivity index (χ1v) is 11.3. The number of nitrogens with zero attached hydrogens (tertiary/aromatic N) is 4. The lowest BCUT2D eigenvalue weighted by Crippen LogP contribution is -2.38. The maximum absolute atomic E-state index is 12.9. The molecule has 1 fully saturated rings. The van der Waals surface area contributed by atoms with Gasteiger partial charge in [-0.1, -0.05) is 30.5 Å². The van der Waals surface area contributed by atoms with Crippen molar-refractivity contribution >= 4 is 28.6 Å². The predicted molar refractivity (Wildman–Crippen MR) is 130 cm³/mol. The van der Waals surface area contributed by atoms with Crippen molar-refractivity contribution in [2.75, 3.05) is 11.9 Å². The minimum absolute atomic E-state index is 0.0273. The third-order valence-electron chi connectivity index (χ3n) is 5.81. The zero-order valence-corrected chi connectivity index (χ0v) is 18.8. The van der Waals surface area contributed by atoms with Crippen LogP contribution in [0.3, 0.4) is 0 Å². The highest BCUT2D eigenvalue weighted by Crippen LogP contribution is 2.28. The number of rotatable bonds is 7. The number of fused-ring (bicyclic) bond motifs is 1. The lowest BCUT2D eigenvalue weighted by Gasteiger charge is -2.30. The van der Waals surface area contributed by atoms with E-state index in [0.29, 0.717) is 24.3 Å². The highest BCUT2D eigenvalue weighted by molar-refractivity contribution is 5.96. The molecule has 2 unspecified atom stereocenters. The molecule has 4 rings (SSSR count). The average molecular weight is 447 g/mol. The number of guanidine groups is 1. The fourth-order valence-corrected chi connectivity index (χ4v) is 4.18. The van der Waals surface area contributed by atoms with Crippen molar-refractivity contribution in [3.8, 4) is 0 Å². The summed E-state index contributed by atoms with van der Waals surface area (Å²) < 4.78 is 0. The summed E-state index contributed by atoms with van der Waals surface area (Å²) in [7, 11) is 0. The van der Waals surface area contributed by atoms with Crippen LogP contribution in [0.25, 0.3) is 10.9 Å². The van der Waals surface area contributed by atoms with Crippen LogP contribution in [0.2, 0.25) is 0 Å². The molecule has 33 heavy (non-hydrogen) atoms. The molecule has 1 saturated carbocycles. The number of carbonyl (C=O) groups excluding carboxylic acids is 1. The monoisotopic (exact) mass is 446 g/mol. The van der Waals surface area contributed by atoms with Gasteiger partial charge >= 0.3 is 0 Å². The Bertz CT molecular complexity index is 1140. The van der Waals surface area contributed by atoms with Crippen LogP contribution in [-0.2, 0) is 6.42 Å². The molecule has 2 heterocycles. The van der Waals surface area contributed by atoms with Crippen molar-refractivity contribution in [3.63, 3.8) is 0 Å². The Morgan fingerprint density at radius 2 is 2.00 bits per heavy atom. The molecule has 6 N–H and O–H groups in total. The van der Waals surface area contributed by atoms with Crippen molar-refractivity contribution in [2.45, 2.75) is 51.1 Å². The summed E-state index contributed by atoms with van der Waals surface area (Å²) in [6.45, 7) is 2.47. The molecule has 1 aromatic carbocycles. The molecule has 2 aromatic heterocycles. The van der Waals surface area contributed by atoms with Crippen molar-refractivity contribution < 1.29 is 4.79 Å². The Morgan fingerprint density at radius 1 is 1.15 bits per heavy atom. The van der Waals surface area contributed by atoms with Crippen LogP contribution in [0, 0.1) is 6.92 Å². The molecule has 9 nitrogen and oxygen atoms in total. The Balaban J connectivity index is 1.57. The first-order chi connectivity index (χ1) is 16.0. The van der Waals surface area contributed by atoms with Crippen LogP contribution in [0.1, 0.15) is 47.6 Å². The molecule has 3 aromatic rings. The van der Waals surface area contributed by atoms with E-state index < -0.39 is 0 Å². The summed E-state index contributed by atoms with van der Waals surface area (Å²) in [4.78, 5) is 30.7. The van der Waals surface area contributed by atoms with Gasteiger partial charge in [0.15, 0.2) is 5.96 Å². The van der Waals surface area contributed by atoms with Crippen LogP contribution >= 0.6 is 0 Å². The first kappa shape index (κ1) is 22.4. The summed E-state index contributed by atoms with van der Waals surface area (Å²) >= 11 is 0. The summed E-state index contributed by atoms with van der Waals surface area (Å²) in [6, 6.07) is 11.6. The van der Waals surface area contributed by atoms with Crippen LogP contribution in [0.15, 0.2) is 47.6 Å². The quantitative estimate of drug-likeness (QED) is 0.322. The summed E-state index contributed by atoms with van der Waals surface area (Å²) in [5, 5.41) is 7.30. The van der Waals surface area contributed by atoms with E-state index in [1.807, 2.05) is 43.3 Å². The van der Waals surface area contributed by atoms with Gasteiger partial charge in [0.05, 0.1) is 17.6 Å². The number of aromatic nitrogens is 3. The van der Waals surface area contributed by atoms with Gasteiger partial charge in [-0.25, -0.2) is 15.0 Å². The van der Waals surface area contributed by atoms with Crippen LogP contribution in [0.4, 0.5) is 5.82 Å². The number of nitrogens with one attached hydrogen (secondary N) is 2. The Hall–Kier alpha value is -3.75. The number of aryl methyl sites for hydroxylation is 1. The number of anilines is 1. The van der Waals surface area contributed by atoms with Gasteiger partial charge in [-0.15, -0.1) is 0 Å². The van der Waals surface area contributed by atoms with Crippen LogP contribution < -0.4 is 22.1 Å². The van der Waals surface area contributed by atoms with Gasteiger partial charge in [-0.3, -0.25) is 9.78 Å². The normalized spacial score (nSPS) is 18.0. The molecule has 0 spiro atoms. The van der Waals surface area contributed by atoms with E-state index >= 15 is 0 Å². The van der Waals surface area contributed by atoms with Gasteiger partial charge in [0.2, 0.25) is 5.82 Å². The van der Waals surface area contributed by atoms with E-state index in [0.717, 1.165) is 42.3 Å². The van der Waals surface area contributed by atoms with E-state index in [1.54, 1.807) is 6.20 Å². The molecule has 2 atom stereocenters. The molecule has 0 aliphatic heterocycles. The number of aliphatic imine (C=N–C) groups is 1. The molecule has 1 aliphatic carbocycles. The third-order valence-corrected chi connectivity index (χ3v) is 5.81. The number of hydrogen-bond acceptors (Lipinski definition) is 6. The molecule has 0 saturated heterocycles. The van der Waals surface area contributed by atoms with E-state index in [2.05, 4.69) is 30.6 Å². The van der Waals surface area contributed by atoms with Gasteiger partial charge in [-0.05, 0) is 44.0 Å². The molecular weight excluding hydrogens is 416 g/mol. The topological polar surface area (TPSA) is 144 Å². The number of hydrogen-bond donors (Lipinski definition) is 4. The number of pyridine rings is 1. The van der Waals surface area contributed by atoms with Gasteiger partial charge in [-0.2, -0.15) is 0 Å². The minimum atomic E-state index is -0.319. The third kappa shape index (κ3) is 5.74. The van der Waals surface area contributed by atoms with Gasteiger partial charge in [0.25, 0.3) is 5.91 Å². The SMILES string of the molecule is Cc1ccc2nc(C(=O)NCCc3ccccn3)nc(NC3CCCCC3N=C(N)N)c2c1. The lowest BCUT2D eigenvalue weighted by molar-refractivity contribution is 0.0944. The maximum atomic E-state index is 12.9. The standard InChI is InChI=1S/C24H30N8O/c1-15-9-10-18-17(14-15)21(30-19-7-2-3-8-20(19)31-24(25)26)32-22(29-18)23(33)28-13-11-16-6-4-5-12-27-16/h4-6,9-10,12,14,19-20H,2-3,7-8,11,13H2,1H3,(H,28,33)(H4,25,26,31)(H,29,30,32). The maximum Gasteiger partial charge on any atom is 0.289 e. The van der Waals surface area contributed by atoms with E-state index in [1.165, 1.54) is 0 Å². The molecule has 172 valence electrons. The van der Waals surface area contributed by atoms with Crippen molar-refractivity contribution in [1.29, 1.82) is 0 Å². The van der Waals surface area contributed by atoms with Crippen molar-refractivity contribution in [1.82, 2.24) is 20.3 Å². The number of carbonyl (C=O) groups is 1. The first-order valence-electron chi connectivity index (χ1n) is 11.3. The number of amides is 1. The van der Waals surface area contributed by atoms with Gasteiger partial charge in [0, 0.05) is 30.2 Å². The number of nitrogens with two attached hydrogens (primary N) is 2. The molecular formula is C24H30N8O. The van der Waals surface area contributed by atoms with Crippen molar-refractivity contribution in [2.24, 2.45) is 16.5 Å². The van der Waals surface area contributed by atoms with Crippen molar-refractivity contribution in [3.05, 3.63) is 59.7 Å². The second-order valence-corrected chi connectivity index (χ2v) is 8.40. The molecule has 1 aliphatic rings. The average Bonchev–Trinajstić information content (AvgIpc) is 2.81. The zero-order chi connectivity index (χ0) is 23.2. The molecule has 0 bridgehead atoms. The zero-order valence-electron chi connectivity index (χ0n) is 18.8. The second-order valence-electron chi connectivity index (χ2n) is 8.40. The van der Waals surface area contributed by atoms with Crippen LogP contribution in [-0.4, -0.2) is 45.4 Å². The minimum Gasteiger partial charge on any atom is -0.370 e. The van der Waals surface area contributed by atoms with Gasteiger partial charge in [0.1, 0.15) is 5.82 Å². The molecule has 1 amide bonds. The molecule has 0 radical (unpaired) electrons. The number of benzene rings is 1. The molecule has 9 heteroatoms. The highest BCUT2D eigenvalue weighted by Gasteiger charge is 2.26. The summed E-state index contributed by atoms with van der Waals surface area (Å²) in [5.74, 6) is 0.524. The summed E-state index contributed by atoms with van der Waals surface area (Å²) in [6.07, 6.45) is 6.35. The largest absolute Gasteiger partial charge is 0.370 e. The summed E-state index contributed by atoms with van der Waals surface area (Å²) in [5.41, 5.74) is 14.0. The Morgan fingerprint density at radius 3 is 2.79 bits per heavy atom. The van der Waals surface area contributed by atoms with E-state index in [9.17, 15) is 4.79 Å². The fourth-order valence-electron chi connectivity index (χ4n) is 4.18.